The first-order valence-corrected chi connectivity index (χ1v) is 17.3. The van der Waals surface area contributed by atoms with E-state index in [-0.39, 0.29) is 6.04 Å². The van der Waals surface area contributed by atoms with E-state index in [1.165, 1.54) is 44.2 Å². The standard InChI is InChI=1S/C47H33N3/c1-3-11-31(12-4-1)32-19-21-35(22-20-32)44-30-36(29-43(48-44)34-13-5-2-6-14-34)33-23-25-37(26-24-33)50-45-18-10-8-16-39(45)41-28-27-40-38-15-7-9-17-42(38)49-46(40)47(41)50/h1-30,38,42,49H. The van der Waals surface area contributed by atoms with Crippen molar-refractivity contribution < 1.29 is 0 Å². The van der Waals surface area contributed by atoms with Gasteiger partial charge in [-0.25, -0.2) is 4.98 Å². The van der Waals surface area contributed by atoms with Gasteiger partial charge in [0.1, 0.15) is 0 Å². The number of benzene rings is 6. The van der Waals surface area contributed by atoms with Crippen LogP contribution in [0.5, 0.6) is 0 Å². The second-order valence-electron chi connectivity index (χ2n) is 13.2. The van der Waals surface area contributed by atoms with Gasteiger partial charge in [0, 0.05) is 33.5 Å². The summed E-state index contributed by atoms with van der Waals surface area (Å²) in [5, 5.41) is 6.41. The fourth-order valence-electron chi connectivity index (χ4n) is 7.85. The van der Waals surface area contributed by atoms with Crippen molar-refractivity contribution in [2.75, 3.05) is 5.32 Å². The van der Waals surface area contributed by atoms with Crippen LogP contribution in [0.3, 0.4) is 0 Å². The minimum absolute atomic E-state index is 0.281. The Hall–Kier alpha value is -6.45. The molecule has 0 radical (unpaired) electrons. The molecule has 2 atom stereocenters. The van der Waals surface area contributed by atoms with Crippen LogP contribution in [0.1, 0.15) is 11.5 Å². The van der Waals surface area contributed by atoms with Crippen LogP contribution in [0, 0.1) is 0 Å². The number of allylic oxidation sites excluding steroid dienone is 2. The summed E-state index contributed by atoms with van der Waals surface area (Å²) in [4.78, 5) is 5.17. The smallest absolute Gasteiger partial charge is 0.0776 e. The molecule has 2 aliphatic rings. The van der Waals surface area contributed by atoms with Crippen molar-refractivity contribution in [1.29, 1.82) is 0 Å². The topological polar surface area (TPSA) is 29.9 Å². The highest BCUT2D eigenvalue weighted by Gasteiger charge is 2.32. The largest absolute Gasteiger partial charge is 0.376 e. The maximum atomic E-state index is 5.17. The molecule has 0 saturated carbocycles. The van der Waals surface area contributed by atoms with Gasteiger partial charge >= 0.3 is 0 Å². The van der Waals surface area contributed by atoms with Crippen molar-refractivity contribution in [3.05, 3.63) is 188 Å². The van der Waals surface area contributed by atoms with Crippen LogP contribution < -0.4 is 5.32 Å². The average molecular weight is 640 g/mol. The van der Waals surface area contributed by atoms with Gasteiger partial charge in [-0.2, -0.15) is 0 Å². The van der Waals surface area contributed by atoms with E-state index >= 15 is 0 Å². The lowest BCUT2D eigenvalue weighted by atomic mass is 9.91. The normalized spacial score (nSPS) is 16.0. The number of para-hydroxylation sites is 1. The molecule has 2 unspecified atom stereocenters. The molecule has 0 fully saturated rings. The third kappa shape index (κ3) is 4.70. The molecule has 0 bridgehead atoms. The quantitative estimate of drug-likeness (QED) is 0.203. The second-order valence-corrected chi connectivity index (χ2v) is 13.2. The molecular weight excluding hydrogens is 607 g/mol. The van der Waals surface area contributed by atoms with Crippen LogP contribution in [0.4, 0.5) is 5.69 Å². The van der Waals surface area contributed by atoms with Crippen LogP contribution >= 0.6 is 0 Å². The minimum Gasteiger partial charge on any atom is -0.376 e. The summed E-state index contributed by atoms with van der Waals surface area (Å²) in [6, 6.07) is 56.9. The van der Waals surface area contributed by atoms with Gasteiger partial charge in [-0.15, -0.1) is 0 Å². The van der Waals surface area contributed by atoms with Gasteiger partial charge in [-0.1, -0.05) is 152 Å². The van der Waals surface area contributed by atoms with Gasteiger partial charge < -0.3 is 9.88 Å². The third-order valence-corrected chi connectivity index (χ3v) is 10.3. The molecule has 3 heterocycles. The number of anilines is 1. The molecule has 6 aromatic carbocycles. The third-order valence-electron chi connectivity index (χ3n) is 10.3. The first-order chi connectivity index (χ1) is 24.8. The van der Waals surface area contributed by atoms with E-state index in [9.17, 15) is 0 Å². The molecule has 236 valence electrons. The number of hydrogen-bond donors (Lipinski definition) is 1. The van der Waals surface area contributed by atoms with Gasteiger partial charge in [0.25, 0.3) is 0 Å². The van der Waals surface area contributed by atoms with E-state index in [0.29, 0.717) is 5.92 Å². The molecule has 0 saturated heterocycles. The number of pyridine rings is 1. The molecular formula is C47H33N3. The number of hydrogen-bond acceptors (Lipinski definition) is 2. The molecule has 1 aliphatic heterocycles. The number of nitrogens with one attached hydrogen (secondary N) is 1. The SMILES string of the molecule is C1=CC2Nc3c(ccc4c5ccccc5n(-c5ccc(-c6cc(-c7ccccc7)nc(-c7ccc(-c8ccccc8)cc7)c6)cc5)c34)C2C=C1. The van der Waals surface area contributed by atoms with Gasteiger partial charge in [-0.3, -0.25) is 0 Å². The number of aromatic nitrogens is 2. The van der Waals surface area contributed by atoms with Crippen molar-refractivity contribution in [3.8, 4) is 50.5 Å². The Morgan fingerprint density at radius 1 is 0.480 bits per heavy atom. The maximum Gasteiger partial charge on any atom is 0.0776 e. The van der Waals surface area contributed by atoms with E-state index in [1.807, 2.05) is 0 Å². The van der Waals surface area contributed by atoms with E-state index in [0.717, 1.165) is 39.3 Å². The summed E-state index contributed by atoms with van der Waals surface area (Å²) < 4.78 is 2.44. The Morgan fingerprint density at radius 2 is 1.06 bits per heavy atom. The molecule has 1 aliphatic carbocycles. The Labute approximate surface area is 291 Å². The molecule has 10 rings (SSSR count). The summed E-state index contributed by atoms with van der Waals surface area (Å²) >= 11 is 0. The molecule has 0 amide bonds. The van der Waals surface area contributed by atoms with E-state index in [1.54, 1.807) is 0 Å². The maximum absolute atomic E-state index is 5.17. The number of rotatable bonds is 5. The summed E-state index contributed by atoms with van der Waals surface area (Å²) in [6.45, 7) is 0. The van der Waals surface area contributed by atoms with Gasteiger partial charge in [0.15, 0.2) is 0 Å². The summed E-state index contributed by atoms with van der Waals surface area (Å²) in [7, 11) is 0. The van der Waals surface area contributed by atoms with Crippen molar-refractivity contribution >= 4 is 27.5 Å². The highest BCUT2D eigenvalue weighted by atomic mass is 15.0. The monoisotopic (exact) mass is 639 g/mol. The number of nitrogens with zero attached hydrogens (tertiary/aromatic N) is 2. The van der Waals surface area contributed by atoms with E-state index in [2.05, 4.69) is 192 Å². The van der Waals surface area contributed by atoms with Crippen LogP contribution in [0.2, 0.25) is 0 Å². The fraction of sp³-hybridized carbons (Fsp3) is 0.0426. The molecule has 2 aromatic heterocycles. The van der Waals surface area contributed by atoms with Crippen LogP contribution in [-0.4, -0.2) is 15.6 Å². The lowest BCUT2D eigenvalue weighted by molar-refractivity contribution is 0.805. The first-order valence-electron chi connectivity index (χ1n) is 17.3. The van der Waals surface area contributed by atoms with Crippen molar-refractivity contribution in [3.63, 3.8) is 0 Å². The molecule has 8 aromatic rings. The first kappa shape index (κ1) is 28.6. The van der Waals surface area contributed by atoms with Gasteiger partial charge in [-0.05, 0) is 58.1 Å². The molecule has 3 nitrogen and oxygen atoms in total. The molecule has 50 heavy (non-hydrogen) atoms. The van der Waals surface area contributed by atoms with Crippen molar-refractivity contribution in [2.24, 2.45) is 0 Å². The molecule has 1 N–H and O–H groups in total. The predicted octanol–water partition coefficient (Wildman–Crippen LogP) is 11.9. The predicted molar refractivity (Wildman–Crippen MR) is 209 cm³/mol. The van der Waals surface area contributed by atoms with Crippen molar-refractivity contribution in [2.45, 2.75) is 12.0 Å². The van der Waals surface area contributed by atoms with Crippen LogP contribution in [-0.2, 0) is 0 Å². The fourth-order valence-corrected chi connectivity index (χ4v) is 7.85. The summed E-state index contributed by atoms with van der Waals surface area (Å²) in [5.41, 5.74) is 15.0. The highest BCUT2D eigenvalue weighted by molar-refractivity contribution is 6.14. The summed E-state index contributed by atoms with van der Waals surface area (Å²) in [6.07, 6.45) is 8.92. The highest BCUT2D eigenvalue weighted by Crippen LogP contribution is 2.46. The van der Waals surface area contributed by atoms with E-state index < -0.39 is 0 Å². The van der Waals surface area contributed by atoms with E-state index in [4.69, 9.17) is 4.98 Å². The van der Waals surface area contributed by atoms with Crippen LogP contribution in [0.15, 0.2) is 182 Å². The lowest BCUT2D eigenvalue weighted by Gasteiger charge is -2.15. The average Bonchev–Trinajstić information content (AvgIpc) is 3.75. The Morgan fingerprint density at radius 3 is 1.82 bits per heavy atom. The Kier molecular flexibility index (Phi) is 6.63. The molecule has 0 spiro atoms. The van der Waals surface area contributed by atoms with Gasteiger partial charge in [0.2, 0.25) is 0 Å². The minimum atomic E-state index is 0.281. The number of fused-ring (bicyclic) bond motifs is 7. The summed E-state index contributed by atoms with van der Waals surface area (Å²) in [5.74, 6) is 0.350. The molecule has 3 heteroatoms. The Bertz CT molecular complexity index is 2590. The zero-order chi connectivity index (χ0) is 33.0. The zero-order valence-electron chi connectivity index (χ0n) is 27.4. The van der Waals surface area contributed by atoms with Crippen LogP contribution in [0.25, 0.3) is 72.3 Å². The lowest BCUT2D eigenvalue weighted by Crippen LogP contribution is -2.17. The van der Waals surface area contributed by atoms with Crippen molar-refractivity contribution in [1.82, 2.24) is 9.55 Å². The Balaban J connectivity index is 1.09. The second kappa shape index (κ2) is 11.6. The van der Waals surface area contributed by atoms with Gasteiger partial charge in [0.05, 0.1) is 34.2 Å². The zero-order valence-corrected chi connectivity index (χ0v) is 27.4.